The summed E-state index contributed by atoms with van der Waals surface area (Å²) in [6, 6.07) is 11.9. The quantitative estimate of drug-likeness (QED) is 0.612. The van der Waals surface area contributed by atoms with E-state index in [0.717, 1.165) is 48.6 Å². The number of hydrogen-bond acceptors (Lipinski definition) is 4. The Morgan fingerprint density at radius 1 is 1.21 bits per heavy atom. The number of likely N-dealkylation sites (tertiary alicyclic amines) is 1. The summed E-state index contributed by atoms with van der Waals surface area (Å²) in [5.41, 5.74) is 3.21. The molecule has 1 aliphatic rings. The van der Waals surface area contributed by atoms with E-state index in [1.54, 1.807) is 11.1 Å². The van der Waals surface area contributed by atoms with E-state index in [4.69, 9.17) is 4.42 Å². The van der Waals surface area contributed by atoms with Gasteiger partial charge in [-0.25, -0.2) is 4.68 Å². The number of aryl methyl sites for hydroxylation is 1. The zero-order valence-corrected chi connectivity index (χ0v) is 17.2. The molecule has 6 heteroatoms. The molecule has 152 valence electrons. The first-order chi connectivity index (χ1) is 14.1. The topological polar surface area (TPSA) is 54.5 Å². The standard InChI is InChI=1S/C23H28N4O2/c1-3-21-19(17-26-12-4-5-13-26)15-22(29-21)23(28)25(2)16-18-7-9-20(10-8-18)27-14-6-11-24-27/h6-11,14-15H,3-5,12-13,16-17H2,1-2H3. The van der Waals surface area contributed by atoms with Crippen molar-refractivity contribution in [1.82, 2.24) is 19.6 Å². The van der Waals surface area contributed by atoms with Gasteiger partial charge in [0, 0.05) is 44.5 Å². The van der Waals surface area contributed by atoms with Crippen LogP contribution in [0.15, 0.2) is 53.2 Å². The second-order valence-corrected chi connectivity index (χ2v) is 7.67. The van der Waals surface area contributed by atoms with Crippen LogP contribution in [0.2, 0.25) is 0 Å². The second-order valence-electron chi connectivity index (χ2n) is 7.67. The summed E-state index contributed by atoms with van der Waals surface area (Å²) in [6.07, 6.45) is 6.98. The fourth-order valence-electron chi connectivity index (χ4n) is 3.90. The van der Waals surface area contributed by atoms with Crippen LogP contribution in [0.1, 0.15) is 47.2 Å². The van der Waals surface area contributed by atoms with Gasteiger partial charge in [-0.1, -0.05) is 19.1 Å². The summed E-state index contributed by atoms with van der Waals surface area (Å²) < 4.78 is 7.75. The second kappa shape index (κ2) is 8.66. The van der Waals surface area contributed by atoms with Crippen molar-refractivity contribution in [3.63, 3.8) is 0 Å². The van der Waals surface area contributed by atoms with Crippen molar-refractivity contribution in [2.24, 2.45) is 0 Å². The fourth-order valence-corrected chi connectivity index (χ4v) is 3.90. The van der Waals surface area contributed by atoms with Crippen molar-refractivity contribution in [3.05, 3.63) is 71.4 Å². The Balaban J connectivity index is 1.42. The largest absolute Gasteiger partial charge is 0.456 e. The van der Waals surface area contributed by atoms with E-state index in [1.165, 1.54) is 12.8 Å². The molecular formula is C23H28N4O2. The summed E-state index contributed by atoms with van der Waals surface area (Å²) in [4.78, 5) is 17.1. The van der Waals surface area contributed by atoms with Crippen LogP contribution in [0.3, 0.4) is 0 Å². The molecule has 0 spiro atoms. The zero-order chi connectivity index (χ0) is 20.2. The fraction of sp³-hybridized carbons (Fsp3) is 0.391. The molecule has 1 aliphatic heterocycles. The first-order valence-electron chi connectivity index (χ1n) is 10.3. The van der Waals surface area contributed by atoms with Crippen LogP contribution < -0.4 is 0 Å². The van der Waals surface area contributed by atoms with Gasteiger partial charge in [0.1, 0.15) is 5.76 Å². The lowest BCUT2D eigenvalue weighted by Gasteiger charge is -2.16. The van der Waals surface area contributed by atoms with E-state index in [1.807, 2.05) is 54.3 Å². The summed E-state index contributed by atoms with van der Waals surface area (Å²) in [5, 5.41) is 4.24. The van der Waals surface area contributed by atoms with Gasteiger partial charge in [0.25, 0.3) is 5.91 Å². The molecule has 0 saturated carbocycles. The minimum atomic E-state index is -0.0801. The van der Waals surface area contributed by atoms with Gasteiger partial charge in [0.05, 0.1) is 5.69 Å². The van der Waals surface area contributed by atoms with Crippen LogP contribution in [-0.2, 0) is 19.5 Å². The lowest BCUT2D eigenvalue weighted by Crippen LogP contribution is -2.25. The number of hydrogen-bond donors (Lipinski definition) is 0. The van der Waals surface area contributed by atoms with Gasteiger partial charge in [-0.2, -0.15) is 5.10 Å². The molecule has 0 unspecified atom stereocenters. The summed E-state index contributed by atoms with van der Waals surface area (Å²) in [5.74, 6) is 1.28. The van der Waals surface area contributed by atoms with Gasteiger partial charge >= 0.3 is 0 Å². The van der Waals surface area contributed by atoms with E-state index in [2.05, 4.69) is 16.9 Å². The Bertz CT molecular complexity index is 938. The molecule has 2 aromatic heterocycles. The number of aromatic nitrogens is 2. The number of benzene rings is 1. The molecule has 29 heavy (non-hydrogen) atoms. The molecule has 1 amide bonds. The van der Waals surface area contributed by atoms with Gasteiger partial charge in [-0.15, -0.1) is 0 Å². The normalized spacial score (nSPS) is 14.4. The number of carbonyl (C=O) groups excluding carboxylic acids is 1. The summed E-state index contributed by atoms with van der Waals surface area (Å²) >= 11 is 0. The van der Waals surface area contributed by atoms with E-state index < -0.39 is 0 Å². The highest BCUT2D eigenvalue weighted by molar-refractivity contribution is 5.91. The molecule has 0 N–H and O–H groups in total. The molecule has 0 radical (unpaired) electrons. The number of nitrogens with zero attached hydrogens (tertiary/aromatic N) is 4. The predicted octanol–water partition coefficient (Wildman–Crippen LogP) is 3.90. The third kappa shape index (κ3) is 4.43. The molecule has 0 aliphatic carbocycles. The predicted molar refractivity (Wildman–Crippen MR) is 112 cm³/mol. The molecule has 0 bridgehead atoms. The van der Waals surface area contributed by atoms with Crippen LogP contribution in [-0.4, -0.2) is 45.6 Å². The lowest BCUT2D eigenvalue weighted by molar-refractivity contribution is 0.0751. The SMILES string of the molecule is CCc1oc(C(=O)N(C)Cc2ccc(-n3cccn3)cc2)cc1CN1CCCC1. The van der Waals surface area contributed by atoms with E-state index in [-0.39, 0.29) is 5.91 Å². The van der Waals surface area contributed by atoms with Crippen LogP contribution in [0.5, 0.6) is 0 Å². The average Bonchev–Trinajstić information content (AvgIpc) is 3.50. The van der Waals surface area contributed by atoms with E-state index in [9.17, 15) is 4.79 Å². The molecule has 1 saturated heterocycles. The van der Waals surface area contributed by atoms with Crippen molar-refractivity contribution in [3.8, 4) is 5.69 Å². The molecule has 1 fully saturated rings. The molecule has 0 atom stereocenters. The highest BCUT2D eigenvalue weighted by Gasteiger charge is 2.21. The molecule has 6 nitrogen and oxygen atoms in total. The third-order valence-electron chi connectivity index (χ3n) is 5.49. The first-order valence-corrected chi connectivity index (χ1v) is 10.3. The minimum Gasteiger partial charge on any atom is -0.456 e. The van der Waals surface area contributed by atoms with Crippen LogP contribution in [0, 0.1) is 0 Å². The highest BCUT2D eigenvalue weighted by atomic mass is 16.4. The summed E-state index contributed by atoms with van der Waals surface area (Å²) in [7, 11) is 1.82. The van der Waals surface area contributed by atoms with Gasteiger partial charge in [-0.3, -0.25) is 9.69 Å². The minimum absolute atomic E-state index is 0.0801. The molecule has 1 aromatic carbocycles. The molecule has 3 aromatic rings. The Kier molecular flexibility index (Phi) is 5.81. The van der Waals surface area contributed by atoms with E-state index in [0.29, 0.717) is 12.3 Å². The Morgan fingerprint density at radius 2 is 1.97 bits per heavy atom. The maximum atomic E-state index is 12.9. The number of amides is 1. The van der Waals surface area contributed by atoms with Crippen molar-refractivity contribution in [2.75, 3.05) is 20.1 Å². The lowest BCUT2D eigenvalue weighted by atomic mass is 10.1. The molecular weight excluding hydrogens is 364 g/mol. The van der Waals surface area contributed by atoms with Gasteiger partial charge in [-0.05, 0) is 55.8 Å². The maximum Gasteiger partial charge on any atom is 0.289 e. The van der Waals surface area contributed by atoms with Crippen molar-refractivity contribution >= 4 is 5.91 Å². The Labute approximate surface area is 171 Å². The Morgan fingerprint density at radius 3 is 2.62 bits per heavy atom. The van der Waals surface area contributed by atoms with Crippen molar-refractivity contribution < 1.29 is 9.21 Å². The number of carbonyl (C=O) groups is 1. The van der Waals surface area contributed by atoms with Crippen LogP contribution in [0.4, 0.5) is 0 Å². The maximum absolute atomic E-state index is 12.9. The summed E-state index contributed by atoms with van der Waals surface area (Å²) in [6.45, 7) is 5.74. The van der Waals surface area contributed by atoms with Gasteiger partial charge < -0.3 is 9.32 Å². The van der Waals surface area contributed by atoms with Gasteiger partial charge in [0.2, 0.25) is 0 Å². The number of rotatable bonds is 7. The van der Waals surface area contributed by atoms with Gasteiger partial charge in [0.15, 0.2) is 5.76 Å². The number of furan rings is 1. The smallest absolute Gasteiger partial charge is 0.289 e. The van der Waals surface area contributed by atoms with Crippen LogP contribution in [0.25, 0.3) is 5.69 Å². The molecule has 4 rings (SSSR count). The average molecular weight is 393 g/mol. The van der Waals surface area contributed by atoms with Crippen molar-refractivity contribution in [2.45, 2.75) is 39.3 Å². The monoisotopic (exact) mass is 392 g/mol. The van der Waals surface area contributed by atoms with E-state index >= 15 is 0 Å². The Hall–Kier alpha value is -2.86. The third-order valence-corrected chi connectivity index (χ3v) is 5.49. The van der Waals surface area contributed by atoms with Crippen molar-refractivity contribution in [1.29, 1.82) is 0 Å². The zero-order valence-electron chi connectivity index (χ0n) is 17.2. The molecule has 3 heterocycles. The first kappa shape index (κ1) is 19.5. The van der Waals surface area contributed by atoms with Crippen LogP contribution >= 0.6 is 0 Å². The highest BCUT2D eigenvalue weighted by Crippen LogP contribution is 2.22.